The molecule has 0 unspecified atom stereocenters. The number of hydrogen-bond acceptors (Lipinski definition) is 5. The van der Waals surface area contributed by atoms with Crippen molar-refractivity contribution in [2.24, 2.45) is 0 Å². The predicted molar refractivity (Wildman–Crippen MR) is 99.1 cm³/mol. The van der Waals surface area contributed by atoms with Crippen LogP contribution in [0.3, 0.4) is 0 Å². The van der Waals surface area contributed by atoms with Gasteiger partial charge in [-0.3, -0.25) is 9.59 Å². The molecule has 0 saturated heterocycles. The van der Waals surface area contributed by atoms with Crippen LogP contribution in [0.15, 0.2) is 48.5 Å². The van der Waals surface area contributed by atoms with Gasteiger partial charge in [-0.25, -0.2) is 0 Å². The molecular formula is C20H23NO6. The lowest BCUT2D eigenvalue weighted by Gasteiger charge is -2.10. The Balaban J connectivity index is 1.71. The average Bonchev–Trinajstić information content (AvgIpc) is 2.69. The summed E-state index contributed by atoms with van der Waals surface area (Å²) in [6.45, 7) is 1.08. The Morgan fingerprint density at radius 1 is 0.926 bits per heavy atom. The summed E-state index contributed by atoms with van der Waals surface area (Å²) in [4.78, 5) is 22.0. The zero-order valence-corrected chi connectivity index (χ0v) is 15.1. The van der Waals surface area contributed by atoms with Gasteiger partial charge in [0.25, 0.3) is 0 Å². The molecule has 0 heterocycles. The Morgan fingerprint density at radius 3 is 2.26 bits per heavy atom. The first-order valence-electron chi connectivity index (χ1n) is 8.54. The van der Waals surface area contributed by atoms with Gasteiger partial charge in [0.2, 0.25) is 5.91 Å². The molecule has 0 aromatic heterocycles. The maximum atomic E-state index is 11.6. The Bertz CT molecular complexity index is 744. The number of ether oxygens (including phenoxy) is 3. The normalized spacial score (nSPS) is 10.1. The lowest BCUT2D eigenvalue weighted by molar-refractivity contribution is -0.138. The second-order valence-corrected chi connectivity index (χ2v) is 5.69. The van der Waals surface area contributed by atoms with Crippen LogP contribution < -0.4 is 19.5 Å². The quantitative estimate of drug-likeness (QED) is 0.588. The topological polar surface area (TPSA) is 94.1 Å². The van der Waals surface area contributed by atoms with Crippen LogP contribution in [0.25, 0.3) is 0 Å². The number of methoxy groups -OCH3 is 1. The zero-order chi connectivity index (χ0) is 19.5. The molecule has 7 heteroatoms. The van der Waals surface area contributed by atoms with E-state index in [0.29, 0.717) is 25.5 Å². The third-order valence-electron chi connectivity index (χ3n) is 3.63. The molecule has 2 aromatic carbocycles. The van der Waals surface area contributed by atoms with Crippen molar-refractivity contribution in [2.75, 3.05) is 20.3 Å². The molecule has 2 aromatic rings. The van der Waals surface area contributed by atoms with Crippen molar-refractivity contribution in [3.05, 3.63) is 54.1 Å². The number of carboxylic acids is 1. The van der Waals surface area contributed by atoms with Crippen molar-refractivity contribution in [2.45, 2.75) is 19.4 Å². The van der Waals surface area contributed by atoms with Crippen molar-refractivity contribution in [1.82, 2.24) is 5.32 Å². The highest BCUT2D eigenvalue weighted by Gasteiger charge is 2.05. The number of aliphatic carboxylic acids is 1. The summed E-state index contributed by atoms with van der Waals surface area (Å²) in [5.41, 5.74) is 0.868. The number of amides is 1. The van der Waals surface area contributed by atoms with Gasteiger partial charge in [0.15, 0.2) is 0 Å². The Kier molecular flexibility index (Phi) is 7.96. The fourth-order valence-corrected chi connectivity index (χ4v) is 2.25. The summed E-state index contributed by atoms with van der Waals surface area (Å²) in [7, 11) is 1.61. The van der Waals surface area contributed by atoms with Crippen LogP contribution in [-0.2, 0) is 16.1 Å². The molecule has 0 atom stereocenters. The van der Waals surface area contributed by atoms with Gasteiger partial charge in [0.05, 0.1) is 13.5 Å². The van der Waals surface area contributed by atoms with Gasteiger partial charge < -0.3 is 24.6 Å². The summed E-state index contributed by atoms with van der Waals surface area (Å²) >= 11 is 0. The second kappa shape index (κ2) is 10.7. The molecule has 2 N–H and O–H groups in total. The third-order valence-corrected chi connectivity index (χ3v) is 3.63. The first kappa shape index (κ1) is 20.1. The van der Waals surface area contributed by atoms with E-state index in [1.165, 1.54) is 0 Å². The Labute approximate surface area is 157 Å². The van der Waals surface area contributed by atoms with E-state index in [4.69, 9.17) is 19.3 Å². The molecule has 1 amide bonds. The molecule has 0 radical (unpaired) electrons. The molecular weight excluding hydrogens is 350 g/mol. The van der Waals surface area contributed by atoms with Gasteiger partial charge >= 0.3 is 5.97 Å². The van der Waals surface area contributed by atoms with Gasteiger partial charge in [-0.05, 0) is 42.0 Å². The summed E-state index contributed by atoms with van der Waals surface area (Å²) in [6, 6.07) is 14.6. The zero-order valence-electron chi connectivity index (χ0n) is 15.1. The van der Waals surface area contributed by atoms with E-state index in [1.807, 2.05) is 48.5 Å². The standard InChI is InChI=1S/C20H23NO6/c1-25-16-5-7-17(8-6-16)26-11-12-27-18-4-2-3-15(13-18)14-21-19(22)9-10-20(23)24/h2-8,13H,9-12,14H2,1H3,(H,21,22)(H,23,24). The number of nitrogens with one attached hydrogen (secondary N) is 1. The molecule has 0 aliphatic carbocycles. The minimum Gasteiger partial charge on any atom is -0.497 e. The number of hydrogen-bond donors (Lipinski definition) is 2. The Hall–Kier alpha value is -3.22. The maximum absolute atomic E-state index is 11.6. The van der Waals surface area contributed by atoms with E-state index >= 15 is 0 Å². The SMILES string of the molecule is COc1ccc(OCCOc2cccc(CNC(=O)CCC(=O)O)c2)cc1. The highest BCUT2D eigenvalue weighted by atomic mass is 16.5. The van der Waals surface area contributed by atoms with Gasteiger partial charge in [-0.15, -0.1) is 0 Å². The molecule has 27 heavy (non-hydrogen) atoms. The fraction of sp³-hybridized carbons (Fsp3) is 0.300. The van der Waals surface area contributed by atoms with Gasteiger partial charge in [0, 0.05) is 13.0 Å². The molecule has 0 aliphatic heterocycles. The third kappa shape index (κ3) is 7.68. The summed E-state index contributed by atoms with van der Waals surface area (Å²) in [5.74, 6) is 0.891. The van der Waals surface area contributed by atoms with E-state index in [-0.39, 0.29) is 18.7 Å². The van der Waals surface area contributed by atoms with E-state index < -0.39 is 5.97 Å². The molecule has 144 valence electrons. The first-order chi connectivity index (χ1) is 13.1. The van der Waals surface area contributed by atoms with Crippen LogP contribution in [0, 0.1) is 0 Å². The second-order valence-electron chi connectivity index (χ2n) is 5.69. The minimum atomic E-state index is -0.989. The summed E-state index contributed by atoms with van der Waals surface area (Å²) < 4.78 is 16.3. The summed E-state index contributed by atoms with van der Waals surface area (Å²) in [6.07, 6.45) is -0.211. The van der Waals surface area contributed by atoms with Crippen molar-refractivity contribution in [3.63, 3.8) is 0 Å². The van der Waals surface area contributed by atoms with Crippen LogP contribution in [0.5, 0.6) is 17.2 Å². The fourth-order valence-electron chi connectivity index (χ4n) is 2.25. The monoisotopic (exact) mass is 373 g/mol. The molecule has 0 fully saturated rings. The van der Waals surface area contributed by atoms with Crippen LogP contribution >= 0.6 is 0 Å². The number of carbonyl (C=O) groups excluding carboxylic acids is 1. The molecule has 2 rings (SSSR count). The number of benzene rings is 2. The van der Waals surface area contributed by atoms with Crippen LogP contribution in [-0.4, -0.2) is 37.3 Å². The molecule has 0 bridgehead atoms. The lowest BCUT2D eigenvalue weighted by Crippen LogP contribution is -2.23. The van der Waals surface area contributed by atoms with E-state index in [2.05, 4.69) is 5.32 Å². The predicted octanol–water partition coefficient (Wildman–Crippen LogP) is 2.63. The van der Waals surface area contributed by atoms with Crippen LogP contribution in [0.1, 0.15) is 18.4 Å². The van der Waals surface area contributed by atoms with Crippen molar-refractivity contribution in [3.8, 4) is 17.2 Å². The first-order valence-corrected chi connectivity index (χ1v) is 8.54. The molecule has 0 spiro atoms. The highest BCUT2D eigenvalue weighted by molar-refractivity contribution is 5.80. The molecule has 7 nitrogen and oxygen atoms in total. The van der Waals surface area contributed by atoms with Gasteiger partial charge in [-0.2, -0.15) is 0 Å². The van der Waals surface area contributed by atoms with Gasteiger partial charge in [-0.1, -0.05) is 12.1 Å². The summed E-state index contributed by atoms with van der Waals surface area (Å²) in [5, 5.41) is 11.3. The minimum absolute atomic E-state index is 0.0335. The number of carboxylic acid groups (broad SMARTS) is 1. The van der Waals surface area contributed by atoms with Crippen molar-refractivity contribution >= 4 is 11.9 Å². The lowest BCUT2D eigenvalue weighted by atomic mass is 10.2. The Morgan fingerprint density at radius 2 is 1.59 bits per heavy atom. The van der Waals surface area contributed by atoms with Crippen LogP contribution in [0.2, 0.25) is 0 Å². The van der Waals surface area contributed by atoms with Crippen LogP contribution in [0.4, 0.5) is 0 Å². The molecule has 0 aliphatic rings. The smallest absolute Gasteiger partial charge is 0.303 e. The van der Waals surface area contributed by atoms with Crippen molar-refractivity contribution < 1.29 is 28.9 Å². The van der Waals surface area contributed by atoms with E-state index in [9.17, 15) is 9.59 Å². The average molecular weight is 373 g/mol. The molecule has 0 saturated carbocycles. The largest absolute Gasteiger partial charge is 0.497 e. The number of carbonyl (C=O) groups is 2. The maximum Gasteiger partial charge on any atom is 0.303 e. The number of rotatable bonds is 11. The van der Waals surface area contributed by atoms with Crippen molar-refractivity contribution in [1.29, 1.82) is 0 Å². The van der Waals surface area contributed by atoms with E-state index in [0.717, 1.165) is 17.1 Å². The van der Waals surface area contributed by atoms with E-state index in [1.54, 1.807) is 7.11 Å². The van der Waals surface area contributed by atoms with Gasteiger partial charge in [0.1, 0.15) is 30.5 Å². The highest BCUT2D eigenvalue weighted by Crippen LogP contribution is 2.17.